The van der Waals surface area contributed by atoms with Gasteiger partial charge >= 0.3 is 0 Å². The predicted octanol–water partition coefficient (Wildman–Crippen LogP) is 4.29. The van der Waals surface area contributed by atoms with Gasteiger partial charge in [-0.25, -0.2) is 0 Å². The van der Waals surface area contributed by atoms with Crippen molar-refractivity contribution in [1.29, 1.82) is 0 Å². The number of halogens is 3. The lowest BCUT2D eigenvalue weighted by Gasteiger charge is -2.08. The summed E-state index contributed by atoms with van der Waals surface area (Å²) in [4.78, 5) is 12.2. The van der Waals surface area contributed by atoms with E-state index in [0.29, 0.717) is 10.6 Å². The molecular weight excluding hydrogens is 310 g/mol. The van der Waals surface area contributed by atoms with Gasteiger partial charge in [0.15, 0.2) is 11.5 Å². The molecule has 0 atom stereocenters. The molecule has 0 heterocycles. The Morgan fingerprint density at radius 2 is 1.53 bits per heavy atom. The lowest BCUT2D eigenvalue weighted by Crippen LogP contribution is -2.02. The van der Waals surface area contributed by atoms with Crippen molar-refractivity contribution in [2.45, 2.75) is 0 Å². The number of aromatic hydroxyl groups is 2. The molecule has 2 aromatic carbocycles. The summed E-state index contributed by atoms with van der Waals surface area (Å²) in [7, 11) is 0. The molecule has 98 valence electrons. The van der Waals surface area contributed by atoms with Gasteiger partial charge in [0.05, 0.1) is 10.6 Å². The van der Waals surface area contributed by atoms with Crippen LogP contribution < -0.4 is 0 Å². The summed E-state index contributed by atoms with van der Waals surface area (Å²) in [5.74, 6) is -1.45. The summed E-state index contributed by atoms with van der Waals surface area (Å²) in [5, 5.41) is 19.3. The van der Waals surface area contributed by atoms with Crippen molar-refractivity contribution in [2.24, 2.45) is 0 Å². The molecule has 0 spiro atoms. The standard InChI is InChI=1S/C13H7Cl3O3/c14-7-3-1-6(2-4-7)11(17)8-5-9(15)13(19)10(16)12(8)18/h1-5,18-19H. The molecule has 2 N–H and O–H groups in total. The Hall–Kier alpha value is -1.42. The fourth-order valence-electron chi connectivity index (χ4n) is 1.53. The Kier molecular flexibility index (Phi) is 3.90. The fraction of sp³-hybridized carbons (Fsp3) is 0. The van der Waals surface area contributed by atoms with Crippen LogP contribution in [0.2, 0.25) is 15.1 Å². The van der Waals surface area contributed by atoms with E-state index in [9.17, 15) is 15.0 Å². The molecule has 0 radical (unpaired) electrons. The molecular formula is C13H7Cl3O3. The van der Waals surface area contributed by atoms with Crippen LogP contribution in [0, 0.1) is 0 Å². The number of hydrogen-bond acceptors (Lipinski definition) is 3. The Balaban J connectivity index is 2.53. The van der Waals surface area contributed by atoms with Gasteiger partial charge in [0.2, 0.25) is 0 Å². The van der Waals surface area contributed by atoms with Crippen LogP contribution in [-0.4, -0.2) is 16.0 Å². The molecule has 19 heavy (non-hydrogen) atoms. The normalized spacial score (nSPS) is 10.5. The van der Waals surface area contributed by atoms with Gasteiger partial charge in [-0.15, -0.1) is 0 Å². The zero-order chi connectivity index (χ0) is 14.2. The minimum Gasteiger partial charge on any atom is -0.505 e. The minimum atomic E-state index is -0.511. The second kappa shape index (κ2) is 5.29. The maximum atomic E-state index is 12.2. The van der Waals surface area contributed by atoms with Crippen LogP contribution in [0.25, 0.3) is 0 Å². The van der Waals surface area contributed by atoms with E-state index in [4.69, 9.17) is 34.8 Å². The number of phenols is 2. The molecule has 0 fully saturated rings. The predicted molar refractivity (Wildman–Crippen MR) is 74.7 cm³/mol. The fourth-order valence-corrected chi connectivity index (χ4v) is 2.11. The number of hydrogen-bond donors (Lipinski definition) is 2. The third-order valence-electron chi connectivity index (χ3n) is 2.52. The molecule has 0 saturated heterocycles. The van der Waals surface area contributed by atoms with Crippen LogP contribution in [0.5, 0.6) is 11.5 Å². The van der Waals surface area contributed by atoms with Crippen molar-refractivity contribution in [3.05, 3.63) is 56.5 Å². The first-order valence-corrected chi connectivity index (χ1v) is 6.25. The third kappa shape index (κ3) is 2.63. The van der Waals surface area contributed by atoms with Crippen LogP contribution in [0.1, 0.15) is 15.9 Å². The van der Waals surface area contributed by atoms with Gasteiger partial charge in [-0.2, -0.15) is 0 Å². The number of phenolic OH excluding ortho intramolecular Hbond substituents is 2. The van der Waals surface area contributed by atoms with E-state index in [1.165, 1.54) is 12.1 Å². The first kappa shape index (κ1) is 14.0. The molecule has 0 aliphatic rings. The Bertz CT molecular complexity index is 651. The zero-order valence-corrected chi connectivity index (χ0v) is 11.6. The number of carbonyl (C=O) groups is 1. The smallest absolute Gasteiger partial charge is 0.196 e. The van der Waals surface area contributed by atoms with E-state index < -0.39 is 17.3 Å². The molecule has 6 heteroatoms. The lowest BCUT2D eigenvalue weighted by atomic mass is 10.0. The molecule has 0 saturated carbocycles. The number of ketones is 1. The maximum Gasteiger partial charge on any atom is 0.196 e. The van der Waals surface area contributed by atoms with Gasteiger partial charge in [-0.3, -0.25) is 4.79 Å². The molecule has 0 aliphatic heterocycles. The van der Waals surface area contributed by atoms with Gasteiger partial charge < -0.3 is 10.2 Å². The molecule has 2 aromatic rings. The summed E-state index contributed by atoms with van der Waals surface area (Å²) in [5.41, 5.74) is 0.229. The highest BCUT2D eigenvalue weighted by atomic mass is 35.5. The first-order valence-electron chi connectivity index (χ1n) is 5.12. The monoisotopic (exact) mass is 316 g/mol. The van der Waals surface area contributed by atoms with E-state index in [0.717, 1.165) is 6.07 Å². The average molecular weight is 318 g/mol. The first-order chi connectivity index (χ1) is 8.91. The van der Waals surface area contributed by atoms with Crippen LogP contribution >= 0.6 is 34.8 Å². The second-order valence-electron chi connectivity index (χ2n) is 3.75. The minimum absolute atomic E-state index is 0.0878. The van der Waals surface area contributed by atoms with E-state index in [-0.39, 0.29) is 15.6 Å². The van der Waals surface area contributed by atoms with Crippen molar-refractivity contribution in [1.82, 2.24) is 0 Å². The van der Waals surface area contributed by atoms with Gasteiger partial charge in [0.25, 0.3) is 0 Å². The molecule has 0 unspecified atom stereocenters. The maximum absolute atomic E-state index is 12.2. The van der Waals surface area contributed by atoms with Crippen LogP contribution in [-0.2, 0) is 0 Å². The number of carbonyl (C=O) groups excluding carboxylic acids is 1. The SMILES string of the molecule is O=C(c1ccc(Cl)cc1)c1cc(Cl)c(O)c(Cl)c1O. The number of rotatable bonds is 2. The van der Waals surface area contributed by atoms with Crippen LogP contribution in [0.4, 0.5) is 0 Å². The summed E-state index contributed by atoms with van der Waals surface area (Å²) < 4.78 is 0. The van der Waals surface area contributed by atoms with Crippen molar-refractivity contribution in [2.75, 3.05) is 0 Å². The van der Waals surface area contributed by atoms with Crippen molar-refractivity contribution >= 4 is 40.6 Å². The van der Waals surface area contributed by atoms with Crippen molar-refractivity contribution < 1.29 is 15.0 Å². The molecule has 0 aromatic heterocycles. The average Bonchev–Trinajstić information content (AvgIpc) is 2.40. The summed E-state index contributed by atoms with van der Waals surface area (Å²) >= 11 is 17.1. The second-order valence-corrected chi connectivity index (χ2v) is 4.97. The van der Waals surface area contributed by atoms with E-state index in [1.54, 1.807) is 12.1 Å². The lowest BCUT2D eigenvalue weighted by molar-refractivity contribution is 0.103. The van der Waals surface area contributed by atoms with E-state index in [2.05, 4.69) is 0 Å². The topological polar surface area (TPSA) is 57.5 Å². The summed E-state index contributed by atoms with van der Waals surface area (Å²) in [6.07, 6.45) is 0. The quantitative estimate of drug-likeness (QED) is 0.812. The molecule has 3 nitrogen and oxygen atoms in total. The van der Waals surface area contributed by atoms with Gasteiger partial charge in [0, 0.05) is 10.6 Å². The largest absolute Gasteiger partial charge is 0.505 e. The summed E-state index contributed by atoms with van der Waals surface area (Å²) in [6.45, 7) is 0. The Morgan fingerprint density at radius 1 is 0.947 bits per heavy atom. The highest BCUT2D eigenvalue weighted by Crippen LogP contribution is 2.41. The third-order valence-corrected chi connectivity index (χ3v) is 3.42. The van der Waals surface area contributed by atoms with E-state index in [1.807, 2.05) is 0 Å². The highest BCUT2D eigenvalue weighted by molar-refractivity contribution is 6.39. The zero-order valence-electron chi connectivity index (χ0n) is 9.32. The van der Waals surface area contributed by atoms with Gasteiger partial charge in [-0.05, 0) is 30.3 Å². The summed E-state index contributed by atoms with van der Waals surface area (Å²) in [6, 6.07) is 7.29. The van der Waals surface area contributed by atoms with Crippen LogP contribution in [0.15, 0.2) is 30.3 Å². The van der Waals surface area contributed by atoms with Gasteiger partial charge in [-0.1, -0.05) is 34.8 Å². The molecule has 0 aliphatic carbocycles. The van der Waals surface area contributed by atoms with Gasteiger partial charge in [0.1, 0.15) is 10.8 Å². The Labute approximate surface area is 124 Å². The van der Waals surface area contributed by atoms with E-state index >= 15 is 0 Å². The van der Waals surface area contributed by atoms with Crippen LogP contribution in [0.3, 0.4) is 0 Å². The molecule has 0 amide bonds. The Morgan fingerprint density at radius 3 is 2.11 bits per heavy atom. The highest BCUT2D eigenvalue weighted by Gasteiger charge is 2.20. The molecule has 2 rings (SSSR count). The van der Waals surface area contributed by atoms with Crippen molar-refractivity contribution in [3.8, 4) is 11.5 Å². The number of benzene rings is 2. The van der Waals surface area contributed by atoms with Crippen molar-refractivity contribution in [3.63, 3.8) is 0 Å². The molecule has 0 bridgehead atoms.